The summed E-state index contributed by atoms with van der Waals surface area (Å²) in [5.41, 5.74) is 11.3. The van der Waals surface area contributed by atoms with Crippen LogP contribution < -0.4 is 21.3 Å². The largest absolute Gasteiger partial charge is 0.313 e. The zero-order valence-electron chi connectivity index (χ0n) is 24.2. The number of rotatable bonds is 0. The normalized spacial score (nSPS) is 18.0. The summed E-state index contributed by atoms with van der Waals surface area (Å²) in [7, 11) is 0. The molecule has 0 fully saturated rings. The van der Waals surface area contributed by atoms with Crippen LogP contribution in [0.25, 0.3) is 22.3 Å². The molecule has 0 amide bonds. The van der Waals surface area contributed by atoms with E-state index in [9.17, 15) is 0 Å². The lowest BCUT2D eigenvalue weighted by atomic mass is 10.1. The molecule has 0 aromatic carbocycles. The summed E-state index contributed by atoms with van der Waals surface area (Å²) in [5, 5.41) is 14.9. The van der Waals surface area contributed by atoms with E-state index in [4.69, 9.17) is 0 Å². The Kier molecular flexibility index (Phi) is 11.4. The van der Waals surface area contributed by atoms with Crippen molar-refractivity contribution in [2.75, 3.05) is 26.2 Å². The molecule has 4 aliphatic carbocycles. The Hall–Kier alpha value is -2.76. The minimum absolute atomic E-state index is 0.948. The van der Waals surface area contributed by atoms with E-state index >= 15 is 0 Å². The van der Waals surface area contributed by atoms with Gasteiger partial charge in [-0.2, -0.15) is 0 Å². The standard InChI is InChI=1S/C36H48N4/c1-2-12-20-38-26-30-24-32(36-18-10-6-8-16-34(30)36)28-40-22-14-4-3-13-21-39-27-31-23-29(25-37-19-11-1)33-15-7-5-9-17-35(31)33/h5-10,15-18,23-24,37-40H,1-4,11-14,19-22,25-28H2. The monoisotopic (exact) mass is 536 g/mol. The van der Waals surface area contributed by atoms with Crippen LogP contribution in [0.2, 0.25) is 0 Å². The summed E-state index contributed by atoms with van der Waals surface area (Å²) < 4.78 is 0. The van der Waals surface area contributed by atoms with Crippen molar-refractivity contribution >= 4 is 0 Å². The molecular formula is C36H48N4. The molecule has 0 unspecified atom stereocenters. The van der Waals surface area contributed by atoms with Gasteiger partial charge in [0, 0.05) is 26.2 Å². The average Bonchev–Trinajstić information content (AvgIpc) is 3.21. The molecule has 0 aromatic heterocycles. The van der Waals surface area contributed by atoms with Crippen molar-refractivity contribution in [1.29, 1.82) is 0 Å². The van der Waals surface area contributed by atoms with Gasteiger partial charge in [-0.15, -0.1) is 0 Å². The number of hydrogen-bond acceptors (Lipinski definition) is 4. The quantitative estimate of drug-likeness (QED) is 0.194. The molecule has 1 heterocycles. The third-order valence-corrected chi connectivity index (χ3v) is 8.33. The third-order valence-electron chi connectivity index (χ3n) is 8.33. The smallest absolute Gasteiger partial charge is 0.0211 e. The molecule has 5 aliphatic rings. The van der Waals surface area contributed by atoms with Crippen LogP contribution >= 0.6 is 0 Å². The van der Waals surface area contributed by atoms with Crippen LogP contribution in [0.15, 0.2) is 72.8 Å². The van der Waals surface area contributed by atoms with E-state index in [1.165, 1.54) is 95.9 Å². The molecule has 40 heavy (non-hydrogen) atoms. The highest BCUT2D eigenvalue weighted by molar-refractivity contribution is 5.75. The van der Waals surface area contributed by atoms with Gasteiger partial charge in [-0.25, -0.2) is 0 Å². The lowest BCUT2D eigenvalue weighted by Crippen LogP contribution is -2.16. The number of fused-ring (bicyclic) bond motifs is 10. The Morgan fingerprint density at radius 2 is 0.600 bits per heavy atom. The van der Waals surface area contributed by atoms with Crippen LogP contribution in [0.3, 0.4) is 0 Å². The van der Waals surface area contributed by atoms with E-state index in [0.717, 1.165) is 52.4 Å². The molecule has 4 bridgehead atoms. The molecule has 0 aromatic rings. The molecule has 1 aliphatic heterocycles. The summed E-state index contributed by atoms with van der Waals surface area (Å²) in [6.45, 7) is 8.12. The van der Waals surface area contributed by atoms with E-state index in [-0.39, 0.29) is 0 Å². The topological polar surface area (TPSA) is 48.1 Å². The van der Waals surface area contributed by atoms with E-state index in [1.807, 2.05) is 0 Å². The van der Waals surface area contributed by atoms with Gasteiger partial charge < -0.3 is 21.3 Å². The predicted octanol–water partition coefficient (Wildman–Crippen LogP) is 7.09. The first-order valence-corrected chi connectivity index (χ1v) is 15.7. The minimum Gasteiger partial charge on any atom is -0.313 e. The van der Waals surface area contributed by atoms with Gasteiger partial charge in [0.05, 0.1) is 0 Å². The van der Waals surface area contributed by atoms with Crippen molar-refractivity contribution in [2.24, 2.45) is 0 Å². The average molecular weight is 537 g/mol. The highest BCUT2D eigenvalue weighted by Gasteiger charge is 2.15. The van der Waals surface area contributed by atoms with Crippen molar-refractivity contribution in [3.63, 3.8) is 0 Å². The Morgan fingerprint density at radius 3 is 0.875 bits per heavy atom. The first-order chi connectivity index (χ1) is 19.9. The summed E-state index contributed by atoms with van der Waals surface area (Å²) >= 11 is 0. The van der Waals surface area contributed by atoms with Gasteiger partial charge in [-0.05, 0) is 96.4 Å². The van der Waals surface area contributed by atoms with Crippen LogP contribution in [0.5, 0.6) is 0 Å². The summed E-state index contributed by atoms with van der Waals surface area (Å²) in [5.74, 6) is 0. The first kappa shape index (κ1) is 28.8. The van der Waals surface area contributed by atoms with Gasteiger partial charge in [0.2, 0.25) is 0 Å². The van der Waals surface area contributed by atoms with Crippen molar-refractivity contribution < 1.29 is 0 Å². The molecule has 4 heteroatoms. The second-order valence-corrected chi connectivity index (χ2v) is 11.4. The highest BCUT2D eigenvalue weighted by atomic mass is 14.9. The van der Waals surface area contributed by atoms with Gasteiger partial charge >= 0.3 is 0 Å². The molecule has 0 saturated heterocycles. The van der Waals surface area contributed by atoms with Gasteiger partial charge in [-0.3, -0.25) is 0 Å². The summed E-state index contributed by atoms with van der Waals surface area (Å²) in [4.78, 5) is 0. The van der Waals surface area contributed by atoms with Crippen molar-refractivity contribution in [2.45, 2.75) is 77.5 Å². The molecule has 0 spiro atoms. The van der Waals surface area contributed by atoms with Crippen LogP contribution in [0.1, 0.15) is 73.6 Å². The maximum absolute atomic E-state index is 3.72. The number of nitrogens with one attached hydrogen (secondary N) is 4. The van der Waals surface area contributed by atoms with Gasteiger partial charge in [0.1, 0.15) is 0 Å². The fourth-order valence-electron chi connectivity index (χ4n) is 6.13. The van der Waals surface area contributed by atoms with Crippen molar-refractivity contribution in [3.8, 4) is 22.3 Å². The molecular weight excluding hydrogens is 488 g/mol. The molecule has 0 saturated carbocycles. The third kappa shape index (κ3) is 8.14. The van der Waals surface area contributed by atoms with Gasteiger partial charge in [0.25, 0.3) is 0 Å². The number of hydrogen-bond donors (Lipinski definition) is 4. The van der Waals surface area contributed by atoms with Crippen molar-refractivity contribution in [1.82, 2.24) is 21.3 Å². The van der Waals surface area contributed by atoms with Gasteiger partial charge in [0.15, 0.2) is 0 Å². The second kappa shape index (κ2) is 15.9. The second-order valence-electron chi connectivity index (χ2n) is 11.4. The van der Waals surface area contributed by atoms with E-state index in [1.54, 1.807) is 0 Å². The van der Waals surface area contributed by atoms with Gasteiger partial charge in [-0.1, -0.05) is 98.5 Å². The molecule has 5 rings (SSSR count). The molecule has 0 atom stereocenters. The fourth-order valence-corrected chi connectivity index (χ4v) is 6.13. The Bertz CT molecular complexity index is 1050. The van der Waals surface area contributed by atoms with E-state index < -0.39 is 0 Å². The zero-order chi connectivity index (χ0) is 27.2. The van der Waals surface area contributed by atoms with E-state index in [0.29, 0.717) is 0 Å². The van der Waals surface area contributed by atoms with Crippen LogP contribution in [0.4, 0.5) is 0 Å². The summed E-state index contributed by atoms with van der Waals surface area (Å²) in [6.07, 6.45) is 10.1. The Morgan fingerprint density at radius 1 is 0.325 bits per heavy atom. The Balaban J connectivity index is 1.17. The molecule has 0 radical (unpaired) electrons. The maximum atomic E-state index is 3.72. The van der Waals surface area contributed by atoms with Crippen LogP contribution in [0, 0.1) is 0 Å². The fraction of sp³-hybridized carbons (Fsp3) is 0.444. The minimum atomic E-state index is 0.948. The molecule has 4 N–H and O–H groups in total. The predicted molar refractivity (Wildman–Crippen MR) is 170 cm³/mol. The highest BCUT2D eigenvalue weighted by Crippen LogP contribution is 2.33. The maximum Gasteiger partial charge on any atom is 0.0211 e. The van der Waals surface area contributed by atoms with Crippen molar-refractivity contribution in [3.05, 3.63) is 95.1 Å². The Labute approximate surface area is 242 Å². The van der Waals surface area contributed by atoms with Crippen LogP contribution in [-0.4, -0.2) is 26.2 Å². The summed E-state index contributed by atoms with van der Waals surface area (Å²) in [6, 6.07) is 27.0. The zero-order valence-corrected chi connectivity index (χ0v) is 24.2. The lowest BCUT2D eigenvalue weighted by molar-refractivity contribution is 0.561. The molecule has 4 nitrogen and oxygen atoms in total. The van der Waals surface area contributed by atoms with E-state index in [2.05, 4.69) is 94.1 Å². The molecule has 212 valence electrons. The SMILES string of the molecule is c1ccc2c3cc(c-2cc1)CNCCCCCCNCc1cc(c2cccccc1-2)CNCCCCCCNC3. The lowest BCUT2D eigenvalue weighted by Gasteiger charge is -2.07. The van der Waals surface area contributed by atoms with Crippen LogP contribution in [-0.2, 0) is 26.2 Å². The first-order valence-electron chi connectivity index (χ1n) is 15.7.